The van der Waals surface area contributed by atoms with Gasteiger partial charge in [0, 0.05) is 13.1 Å². The van der Waals surface area contributed by atoms with Gasteiger partial charge in [0.05, 0.1) is 4.20 Å². The van der Waals surface area contributed by atoms with Gasteiger partial charge >= 0.3 is 5.69 Å². The molecule has 0 saturated carbocycles. The molecule has 18 heavy (non-hydrogen) atoms. The van der Waals surface area contributed by atoms with Crippen LogP contribution in [0.15, 0.2) is 34.9 Å². The van der Waals surface area contributed by atoms with E-state index in [1.807, 2.05) is 0 Å². The smallest absolute Gasteiger partial charge is 0.333 e. The molecule has 0 spiro atoms. The van der Waals surface area contributed by atoms with Crippen LogP contribution in [0.3, 0.4) is 0 Å². The molecule has 0 amide bonds. The first kappa shape index (κ1) is 14.5. The van der Waals surface area contributed by atoms with Crippen molar-refractivity contribution < 1.29 is 0 Å². The molecule has 0 aromatic carbocycles. The van der Waals surface area contributed by atoms with Gasteiger partial charge in [-0.3, -0.25) is 13.9 Å². The topological polar surface area (TPSA) is 70.0 Å². The van der Waals surface area contributed by atoms with Crippen molar-refractivity contribution in [3.8, 4) is 0 Å². The summed E-state index contributed by atoms with van der Waals surface area (Å²) >= 11 is 8.83. The second-order valence-corrected chi connectivity index (χ2v) is 4.61. The summed E-state index contributed by atoms with van der Waals surface area (Å²) in [4.78, 5) is 24.1. The standard InChI is InChI=1S/C11H13N3O2S2/c1-3-5-13-8(12)7(10(17)18)9(15)14(6-4-2)11(13)16/h3-4H,1-2,5-6,12H2,(H,17,18). The predicted octanol–water partition coefficient (Wildman–Crippen LogP) is 0.570. The van der Waals surface area contributed by atoms with E-state index in [0.717, 1.165) is 4.57 Å². The maximum absolute atomic E-state index is 12.1. The molecule has 1 heterocycles. The van der Waals surface area contributed by atoms with E-state index in [4.69, 9.17) is 18.0 Å². The molecule has 0 aliphatic carbocycles. The number of allylic oxidation sites excluding steroid dienone is 2. The number of nitrogens with two attached hydrogens (primary N) is 1. The zero-order valence-corrected chi connectivity index (χ0v) is 11.3. The minimum atomic E-state index is -0.558. The van der Waals surface area contributed by atoms with Crippen molar-refractivity contribution in [3.63, 3.8) is 0 Å². The van der Waals surface area contributed by atoms with Crippen molar-refractivity contribution in [2.45, 2.75) is 13.1 Å². The molecule has 1 aromatic heterocycles. The minimum absolute atomic E-state index is 0.00483. The van der Waals surface area contributed by atoms with Crippen LogP contribution in [0.2, 0.25) is 0 Å². The number of hydrogen-bond acceptors (Lipinski definition) is 4. The highest BCUT2D eigenvalue weighted by Crippen LogP contribution is 2.08. The average Bonchev–Trinajstić information content (AvgIpc) is 2.30. The van der Waals surface area contributed by atoms with Crippen LogP contribution in [0.25, 0.3) is 0 Å². The summed E-state index contributed by atoms with van der Waals surface area (Å²) in [6.07, 6.45) is 2.95. The van der Waals surface area contributed by atoms with Crippen LogP contribution in [-0.2, 0) is 13.1 Å². The average molecular weight is 283 g/mol. The Morgan fingerprint density at radius 2 is 1.78 bits per heavy atom. The first-order valence-electron chi connectivity index (χ1n) is 5.03. The van der Waals surface area contributed by atoms with Gasteiger partial charge in [-0.1, -0.05) is 24.4 Å². The molecule has 0 bridgehead atoms. The molecular weight excluding hydrogens is 270 g/mol. The van der Waals surface area contributed by atoms with Crippen molar-refractivity contribution in [1.29, 1.82) is 0 Å². The molecule has 0 atom stereocenters. The van der Waals surface area contributed by atoms with Crippen molar-refractivity contribution in [1.82, 2.24) is 9.13 Å². The number of anilines is 1. The number of thiol groups is 1. The fourth-order valence-electron chi connectivity index (χ4n) is 1.51. The first-order chi connectivity index (χ1) is 8.45. The van der Waals surface area contributed by atoms with Crippen LogP contribution in [0.4, 0.5) is 5.82 Å². The van der Waals surface area contributed by atoms with Gasteiger partial charge in [-0.05, 0) is 0 Å². The van der Waals surface area contributed by atoms with E-state index in [2.05, 4.69) is 25.8 Å². The number of aromatic nitrogens is 2. The summed E-state index contributed by atoms with van der Waals surface area (Å²) in [5.41, 5.74) is 4.75. The van der Waals surface area contributed by atoms with Crippen LogP contribution in [0.5, 0.6) is 0 Å². The largest absolute Gasteiger partial charge is 0.384 e. The van der Waals surface area contributed by atoms with Crippen LogP contribution in [0, 0.1) is 0 Å². The summed E-state index contributed by atoms with van der Waals surface area (Å²) in [7, 11) is 0. The zero-order chi connectivity index (χ0) is 13.9. The van der Waals surface area contributed by atoms with Gasteiger partial charge in [-0.25, -0.2) is 4.79 Å². The SMILES string of the molecule is C=CCn1c(N)c(C(=S)S)c(=O)n(CC=C)c1=O. The minimum Gasteiger partial charge on any atom is -0.384 e. The van der Waals surface area contributed by atoms with E-state index in [1.165, 1.54) is 16.7 Å². The Labute approximate surface area is 115 Å². The third-order valence-corrected chi connectivity index (χ3v) is 2.73. The van der Waals surface area contributed by atoms with Gasteiger partial charge in [0.15, 0.2) is 0 Å². The fraction of sp³-hybridized carbons (Fsp3) is 0.182. The maximum atomic E-state index is 12.1. The highest BCUT2D eigenvalue weighted by molar-refractivity contribution is 8.11. The van der Waals surface area contributed by atoms with Crippen molar-refractivity contribution in [2.75, 3.05) is 5.73 Å². The van der Waals surface area contributed by atoms with Gasteiger partial charge in [-0.15, -0.1) is 25.8 Å². The number of hydrogen-bond donors (Lipinski definition) is 2. The monoisotopic (exact) mass is 283 g/mol. The van der Waals surface area contributed by atoms with Crippen LogP contribution >= 0.6 is 24.8 Å². The fourth-order valence-corrected chi connectivity index (χ4v) is 1.91. The Morgan fingerprint density at radius 3 is 2.22 bits per heavy atom. The van der Waals surface area contributed by atoms with Crippen molar-refractivity contribution >= 4 is 34.9 Å². The maximum Gasteiger partial charge on any atom is 0.333 e. The summed E-state index contributed by atoms with van der Waals surface area (Å²) in [5, 5.41) is 0. The number of rotatable bonds is 5. The Morgan fingerprint density at radius 1 is 1.28 bits per heavy atom. The zero-order valence-electron chi connectivity index (χ0n) is 9.63. The van der Waals surface area contributed by atoms with Gasteiger partial charge in [-0.2, -0.15) is 0 Å². The van der Waals surface area contributed by atoms with Crippen LogP contribution in [-0.4, -0.2) is 13.3 Å². The molecule has 0 saturated heterocycles. The molecule has 0 fully saturated rings. The van der Waals surface area contributed by atoms with E-state index in [0.29, 0.717) is 0 Å². The second kappa shape index (κ2) is 5.83. The Kier molecular flexibility index (Phi) is 4.69. The van der Waals surface area contributed by atoms with Gasteiger partial charge < -0.3 is 5.73 Å². The predicted molar refractivity (Wildman–Crippen MR) is 80.5 cm³/mol. The Bertz CT molecular complexity index is 628. The summed E-state index contributed by atoms with van der Waals surface area (Å²) in [5.74, 6) is 0.00483. The molecule has 1 aromatic rings. The molecule has 0 aliphatic rings. The number of nitrogens with zero attached hydrogens (tertiary/aromatic N) is 2. The number of thiocarbonyl (C=S) groups is 1. The molecule has 2 N–H and O–H groups in total. The van der Waals surface area contributed by atoms with E-state index in [-0.39, 0.29) is 28.7 Å². The quantitative estimate of drug-likeness (QED) is 0.471. The number of nitrogen functional groups attached to an aromatic ring is 1. The molecule has 0 aliphatic heterocycles. The molecule has 0 radical (unpaired) electrons. The normalized spacial score (nSPS) is 10.1. The summed E-state index contributed by atoms with van der Waals surface area (Å²) in [6, 6.07) is 0. The van der Waals surface area contributed by atoms with Crippen LogP contribution in [0.1, 0.15) is 5.56 Å². The third-order valence-electron chi connectivity index (χ3n) is 2.30. The molecular formula is C11H13N3O2S2. The lowest BCUT2D eigenvalue weighted by atomic mass is 10.3. The first-order valence-corrected chi connectivity index (χ1v) is 5.89. The van der Waals surface area contributed by atoms with Gasteiger partial charge in [0.25, 0.3) is 5.56 Å². The van der Waals surface area contributed by atoms with Crippen LogP contribution < -0.4 is 17.0 Å². The molecule has 5 nitrogen and oxygen atoms in total. The lowest BCUT2D eigenvalue weighted by Gasteiger charge is -2.13. The molecule has 7 heteroatoms. The van der Waals surface area contributed by atoms with E-state index < -0.39 is 11.2 Å². The van der Waals surface area contributed by atoms with Crippen molar-refractivity contribution in [2.24, 2.45) is 0 Å². The Balaban J connectivity index is 3.81. The Hall–Kier alpha value is -1.60. The molecule has 96 valence electrons. The van der Waals surface area contributed by atoms with Crippen molar-refractivity contribution in [3.05, 3.63) is 51.7 Å². The van der Waals surface area contributed by atoms with E-state index >= 15 is 0 Å². The second-order valence-electron chi connectivity index (χ2n) is 3.45. The molecule has 0 unspecified atom stereocenters. The summed E-state index contributed by atoms with van der Waals surface area (Å²) < 4.78 is 2.27. The lowest BCUT2D eigenvalue weighted by molar-refractivity contribution is 0.632. The third kappa shape index (κ3) is 2.46. The van der Waals surface area contributed by atoms with Gasteiger partial charge in [0.1, 0.15) is 11.4 Å². The van der Waals surface area contributed by atoms with E-state index in [1.54, 1.807) is 0 Å². The molecule has 1 rings (SSSR count). The lowest BCUT2D eigenvalue weighted by Crippen LogP contribution is -2.43. The van der Waals surface area contributed by atoms with Gasteiger partial charge in [0.2, 0.25) is 0 Å². The highest BCUT2D eigenvalue weighted by atomic mass is 32.1. The van der Waals surface area contributed by atoms with E-state index in [9.17, 15) is 9.59 Å². The highest BCUT2D eigenvalue weighted by Gasteiger charge is 2.17. The summed E-state index contributed by atoms with van der Waals surface area (Å²) in [6.45, 7) is 7.30.